The van der Waals surface area contributed by atoms with Crippen molar-refractivity contribution in [2.45, 2.75) is 19.5 Å². The number of alkyl halides is 3. The number of halogens is 3. The van der Waals surface area contributed by atoms with E-state index < -0.39 is 6.36 Å². The van der Waals surface area contributed by atoms with Crippen LogP contribution in [0.1, 0.15) is 20.8 Å². The van der Waals surface area contributed by atoms with Crippen LogP contribution in [0.25, 0.3) is 10.1 Å². The third kappa shape index (κ3) is 6.03. The molecule has 4 rings (SSSR count). The highest BCUT2D eigenvalue weighted by molar-refractivity contribution is 7.20. The lowest BCUT2D eigenvalue weighted by Gasteiger charge is -2.10. The van der Waals surface area contributed by atoms with Crippen molar-refractivity contribution in [3.63, 3.8) is 0 Å². The van der Waals surface area contributed by atoms with Crippen LogP contribution in [0.5, 0.6) is 5.75 Å². The molecule has 4 N–H and O–H groups in total. The van der Waals surface area contributed by atoms with Gasteiger partial charge in [0.25, 0.3) is 5.91 Å². The van der Waals surface area contributed by atoms with Crippen molar-refractivity contribution < 1.29 is 22.7 Å². The molecule has 0 spiro atoms. The lowest BCUT2D eigenvalue weighted by atomic mass is 10.1. The van der Waals surface area contributed by atoms with Crippen LogP contribution in [0.3, 0.4) is 0 Å². The molecular formula is C24H20F3N3O2S. The number of carbonyl (C=O) groups is 1. The van der Waals surface area contributed by atoms with E-state index in [1.165, 1.54) is 23.5 Å². The molecule has 1 amide bonds. The Labute approximate surface area is 192 Å². The molecule has 33 heavy (non-hydrogen) atoms. The highest BCUT2D eigenvalue weighted by atomic mass is 32.1. The molecule has 9 heteroatoms. The smallest absolute Gasteiger partial charge is 0.406 e. The Morgan fingerprint density at radius 3 is 2.36 bits per heavy atom. The third-order valence-corrected chi connectivity index (χ3v) is 5.94. The molecule has 0 fully saturated rings. The first-order valence-corrected chi connectivity index (χ1v) is 10.8. The maximum atomic E-state index is 12.6. The van der Waals surface area contributed by atoms with Gasteiger partial charge < -0.3 is 21.1 Å². The summed E-state index contributed by atoms with van der Waals surface area (Å²) in [6, 6.07) is 20.6. The van der Waals surface area contributed by atoms with E-state index in [0.717, 1.165) is 21.2 Å². The Kier molecular flexibility index (Phi) is 6.52. The lowest BCUT2D eigenvalue weighted by Crippen LogP contribution is -2.17. The average Bonchev–Trinajstić information content (AvgIpc) is 3.19. The maximum Gasteiger partial charge on any atom is 0.573 e. The van der Waals surface area contributed by atoms with Crippen LogP contribution >= 0.6 is 11.3 Å². The summed E-state index contributed by atoms with van der Waals surface area (Å²) in [5.74, 6) is -0.462. The number of hydrogen-bond donors (Lipinski definition) is 3. The monoisotopic (exact) mass is 471 g/mol. The fraction of sp³-hybridized carbons (Fsp3) is 0.125. The quantitative estimate of drug-likeness (QED) is 0.292. The van der Waals surface area contributed by atoms with Gasteiger partial charge in [-0.05, 0) is 59.0 Å². The largest absolute Gasteiger partial charge is 0.573 e. The van der Waals surface area contributed by atoms with Gasteiger partial charge >= 0.3 is 6.36 Å². The van der Waals surface area contributed by atoms with Crippen LogP contribution in [0.2, 0.25) is 0 Å². The minimum absolute atomic E-state index is 0.216. The molecule has 0 unspecified atom stereocenters. The van der Waals surface area contributed by atoms with Crippen LogP contribution < -0.4 is 21.1 Å². The molecule has 170 valence electrons. The topological polar surface area (TPSA) is 76.4 Å². The first-order valence-electron chi connectivity index (χ1n) is 10.0. The molecule has 0 aliphatic carbocycles. The van der Waals surface area contributed by atoms with E-state index in [4.69, 9.17) is 5.73 Å². The van der Waals surface area contributed by atoms with E-state index in [-0.39, 0.29) is 11.7 Å². The van der Waals surface area contributed by atoms with Gasteiger partial charge in [0.05, 0.1) is 16.3 Å². The summed E-state index contributed by atoms with van der Waals surface area (Å²) in [5, 5.41) is 7.06. The second-order valence-corrected chi connectivity index (χ2v) is 8.40. The minimum Gasteiger partial charge on any atom is -0.406 e. The standard InChI is InChI=1S/C24H20F3N3O2S/c25-24(26,27)32-18-8-5-15(6-9-18)13-29-14-16-7-10-21-17(11-16)12-22(33-21)23(31)30-20-4-2-1-3-19(20)28/h1-12,29H,13-14,28H2,(H,30,31). The molecule has 0 aliphatic heterocycles. The predicted octanol–water partition coefficient (Wildman–Crippen LogP) is 5.92. The highest BCUT2D eigenvalue weighted by Gasteiger charge is 2.30. The summed E-state index contributed by atoms with van der Waals surface area (Å²) in [6.07, 6.45) is -4.70. The van der Waals surface area contributed by atoms with Crippen molar-refractivity contribution in [2.75, 3.05) is 11.1 Å². The molecule has 0 aliphatic rings. The normalized spacial score (nSPS) is 11.5. The van der Waals surface area contributed by atoms with Gasteiger partial charge in [-0.25, -0.2) is 0 Å². The zero-order chi connectivity index (χ0) is 23.4. The Morgan fingerprint density at radius 1 is 0.939 bits per heavy atom. The summed E-state index contributed by atoms with van der Waals surface area (Å²) >= 11 is 1.40. The minimum atomic E-state index is -4.70. The molecule has 0 saturated heterocycles. The lowest BCUT2D eigenvalue weighted by molar-refractivity contribution is -0.274. The fourth-order valence-corrected chi connectivity index (χ4v) is 4.21. The number of rotatable bonds is 7. The van der Waals surface area contributed by atoms with Gasteiger partial charge in [0.1, 0.15) is 5.75 Å². The van der Waals surface area contributed by atoms with E-state index in [1.54, 1.807) is 36.4 Å². The van der Waals surface area contributed by atoms with Gasteiger partial charge in [0.15, 0.2) is 0 Å². The second-order valence-electron chi connectivity index (χ2n) is 7.32. The Morgan fingerprint density at radius 2 is 1.64 bits per heavy atom. The van der Waals surface area contributed by atoms with Crippen molar-refractivity contribution in [1.29, 1.82) is 0 Å². The van der Waals surface area contributed by atoms with Crippen LogP contribution in [0, 0.1) is 0 Å². The molecular weight excluding hydrogens is 451 g/mol. The van der Waals surface area contributed by atoms with Crippen molar-refractivity contribution in [3.8, 4) is 5.75 Å². The van der Waals surface area contributed by atoms with Crippen molar-refractivity contribution in [2.24, 2.45) is 0 Å². The van der Waals surface area contributed by atoms with E-state index in [1.807, 2.05) is 24.3 Å². The average molecular weight is 472 g/mol. The van der Waals surface area contributed by atoms with E-state index in [2.05, 4.69) is 15.4 Å². The number of fused-ring (bicyclic) bond motifs is 1. The molecule has 4 aromatic rings. The van der Waals surface area contributed by atoms with Gasteiger partial charge in [0, 0.05) is 17.8 Å². The van der Waals surface area contributed by atoms with E-state index in [9.17, 15) is 18.0 Å². The molecule has 0 bridgehead atoms. The summed E-state index contributed by atoms with van der Waals surface area (Å²) in [4.78, 5) is 13.2. The number of benzene rings is 3. The van der Waals surface area contributed by atoms with Crippen LogP contribution in [0.4, 0.5) is 24.5 Å². The van der Waals surface area contributed by atoms with Crippen LogP contribution in [-0.4, -0.2) is 12.3 Å². The molecule has 5 nitrogen and oxygen atoms in total. The summed E-state index contributed by atoms with van der Waals surface area (Å²) in [7, 11) is 0. The van der Waals surface area contributed by atoms with Gasteiger partial charge in [-0.3, -0.25) is 4.79 Å². The van der Waals surface area contributed by atoms with Crippen LogP contribution in [0.15, 0.2) is 72.8 Å². The molecule has 0 atom stereocenters. The number of hydrogen-bond acceptors (Lipinski definition) is 5. The Bertz CT molecular complexity index is 1270. The summed E-state index contributed by atoms with van der Waals surface area (Å²) in [6.45, 7) is 1.05. The number of nitrogens with two attached hydrogens (primary N) is 1. The second kappa shape index (κ2) is 9.51. The van der Waals surface area contributed by atoms with Gasteiger partial charge in [0.2, 0.25) is 0 Å². The number of amides is 1. The van der Waals surface area contributed by atoms with Crippen molar-refractivity contribution in [3.05, 3.63) is 88.8 Å². The molecule has 0 radical (unpaired) electrons. The Balaban J connectivity index is 1.35. The number of nitrogen functional groups attached to an aromatic ring is 1. The number of carbonyl (C=O) groups excluding carboxylic acids is 1. The van der Waals surface area contributed by atoms with Gasteiger partial charge in [-0.1, -0.05) is 30.3 Å². The van der Waals surface area contributed by atoms with E-state index in [0.29, 0.717) is 29.3 Å². The zero-order valence-corrected chi connectivity index (χ0v) is 18.1. The maximum absolute atomic E-state index is 12.6. The SMILES string of the molecule is Nc1ccccc1NC(=O)c1cc2cc(CNCc3ccc(OC(F)(F)F)cc3)ccc2s1. The number of nitrogens with one attached hydrogen (secondary N) is 2. The first-order chi connectivity index (χ1) is 15.8. The number of anilines is 2. The highest BCUT2D eigenvalue weighted by Crippen LogP contribution is 2.28. The summed E-state index contributed by atoms with van der Waals surface area (Å²) in [5.41, 5.74) is 8.83. The van der Waals surface area contributed by atoms with Gasteiger partial charge in [-0.2, -0.15) is 0 Å². The summed E-state index contributed by atoms with van der Waals surface area (Å²) < 4.78 is 41.6. The number of ether oxygens (including phenoxy) is 1. The van der Waals surface area contributed by atoms with Gasteiger partial charge in [-0.15, -0.1) is 24.5 Å². The molecule has 0 saturated carbocycles. The molecule has 1 aromatic heterocycles. The Hall–Kier alpha value is -3.56. The van der Waals surface area contributed by atoms with E-state index >= 15 is 0 Å². The van der Waals surface area contributed by atoms with Crippen LogP contribution in [-0.2, 0) is 13.1 Å². The fourth-order valence-electron chi connectivity index (χ4n) is 3.27. The predicted molar refractivity (Wildman–Crippen MR) is 124 cm³/mol. The molecule has 1 heterocycles. The zero-order valence-electron chi connectivity index (χ0n) is 17.3. The van der Waals surface area contributed by atoms with Crippen molar-refractivity contribution >= 4 is 38.7 Å². The number of para-hydroxylation sites is 2. The third-order valence-electron chi connectivity index (χ3n) is 4.83. The molecule has 3 aromatic carbocycles. The van der Waals surface area contributed by atoms with Crippen molar-refractivity contribution in [1.82, 2.24) is 5.32 Å². The number of thiophene rings is 1. The first kappa shape index (κ1) is 22.6.